The van der Waals surface area contributed by atoms with Gasteiger partial charge in [0.05, 0.1) is 6.61 Å². The van der Waals surface area contributed by atoms with E-state index in [1.807, 2.05) is 0 Å². The monoisotopic (exact) mass is 93.1 g/mol. The van der Waals surface area contributed by atoms with Crippen LogP contribution in [-0.4, -0.2) is 19.9 Å². The number of fused-ring (bicyclic) bond motifs is 1. The lowest BCUT2D eigenvalue weighted by atomic mass is 10.0. The Balaban J connectivity index is 2.14. The zero-order valence-corrected chi connectivity index (χ0v) is 4.00. The highest BCUT2D eigenvalue weighted by molar-refractivity contribution is 6.54. The summed E-state index contributed by atoms with van der Waals surface area (Å²) >= 11 is 0. The highest BCUT2D eigenvalue weighted by Gasteiger charge is 2.38. The van der Waals surface area contributed by atoms with Crippen LogP contribution in [0.25, 0.3) is 0 Å². The van der Waals surface area contributed by atoms with Crippen LogP contribution < -0.4 is 0 Å². The Morgan fingerprint density at radius 1 is 1.71 bits per heavy atom. The van der Waals surface area contributed by atoms with Gasteiger partial charge in [-0.25, -0.2) is 0 Å². The summed E-state index contributed by atoms with van der Waals surface area (Å²) in [7, 11) is 2.20. The molecule has 2 heterocycles. The summed E-state index contributed by atoms with van der Waals surface area (Å²) in [6.07, 6.45) is 4.28. The Morgan fingerprint density at radius 3 is 3.29 bits per heavy atom. The van der Waals surface area contributed by atoms with Crippen LogP contribution in [-0.2, 0) is 4.74 Å². The Hall–Kier alpha value is -0.235. The van der Waals surface area contributed by atoms with Crippen LogP contribution in [0.3, 0.4) is 0 Å². The van der Waals surface area contributed by atoms with Crippen molar-refractivity contribution in [3.05, 3.63) is 12.2 Å². The molecule has 0 saturated carbocycles. The summed E-state index contributed by atoms with van der Waals surface area (Å²) in [5.74, 6) is 0.675. The van der Waals surface area contributed by atoms with Gasteiger partial charge in [0, 0.05) is 6.00 Å². The predicted molar refractivity (Wildman–Crippen MR) is 28.4 cm³/mol. The molecule has 0 spiro atoms. The molecule has 2 unspecified atom stereocenters. The van der Waals surface area contributed by atoms with Gasteiger partial charge in [0.1, 0.15) is 0 Å². The Labute approximate surface area is 43.6 Å². The summed E-state index contributed by atoms with van der Waals surface area (Å²) < 4.78 is 5.21. The molecule has 0 bridgehead atoms. The predicted octanol–water partition coefficient (Wildman–Crippen LogP) is 0.405. The molecule has 2 heteroatoms. The van der Waals surface area contributed by atoms with E-state index in [4.69, 9.17) is 4.74 Å². The number of ether oxygens (including phenoxy) is 1. The standard InChI is InChI=1S/C5H6BO/c1-2-4-5(6-4)7-3-1/h1-2,4-5H,3H2. The average molecular weight is 92.9 g/mol. The van der Waals surface area contributed by atoms with Gasteiger partial charge in [0.15, 0.2) is 7.28 Å². The van der Waals surface area contributed by atoms with Crippen molar-refractivity contribution >= 4 is 7.28 Å². The Morgan fingerprint density at radius 2 is 2.71 bits per heavy atom. The minimum Gasteiger partial charge on any atom is -0.383 e. The number of hydrogen-bond acceptors (Lipinski definition) is 1. The third kappa shape index (κ3) is 0.502. The zero-order valence-electron chi connectivity index (χ0n) is 4.00. The molecular formula is C5H6BO. The van der Waals surface area contributed by atoms with Crippen LogP contribution in [0.2, 0.25) is 5.82 Å². The maximum absolute atomic E-state index is 5.21. The summed E-state index contributed by atoms with van der Waals surface area (Å²) in [4.78, 5) is 0. The van der Waals surface area contributed by atoms with Crippen molar-refractivity contribution in [2.45, 2.75) is 11.8 Å². The summed E-state index contributed by atoms with van der Waals surface area (Å²) in [5.41, 5.74) is 0. The summed E-state index contributed by atoms with van der Waals surface area (Å²) in [5, 5.41) is 0. The first-order valence-corrected chi connectivity index (χ1v) is 2.60. The fourth-order valence-electron chi connectivity index (χ4n) is 0.875. The quantitative estimate of drug-likeness (QED) is 0.311. The van der Waals surface area contributed by atoms with E-state index >= 15 is 0 Å². The molecule has 2 aliphatic rings. The highest BCUT2D eigenvalue weighted by Crippen LogP contribution is 2.33. The number of hydrogen-bond donors (Lipinski definition) is 0. The summed E-state index contributed by atoms with van der Waals surface area (Å²) in [6.45, 7) is 0.817. The smallest absolute Gasteiger partial charge is 0.160 e. The molecule has 1 fully saturated rings. The van der Waals surface area contributed by atoms with Crippen molar-refractivity contribution in [3.63, 3.8) is 0 Å². The maximum atomic E-state index is 5.21. The molecule has 2 aliphatic heterocycles. The van der Waals surface area contributed by atoms with Crippen molar-refractivity contribution in [1.82, 2.24) is 0 Å². The van der Waals surface area contributed by atoms with Gasteiger partial charge < -0.3 is 4.74 Å². The second-order valence-corrected chi connectivity index (χ2v) is 2.00. The van der Waals surface area contributed by atoms with Crippen LogP contribution in [0.15, 0.2) is 12.2 Å². The highest BCUT2D eigenvalue weighted by atomic mass is 16.5. The maximum Gasteiger partial charge on any atom is 0.160 e. The molecule has 1 nitrogen and oxygen atoms in total. The third-order valence-corrected chi connectivity index (χ3v) is 1.39. The van der Waals surface area contributed by atoms with Gasteiger partial charge in [-0.2, -0.15) is 0 Å². The van der Waals surface area contributed by atoms with Crippen LogP contribution >= 0.6 is 0 Å². The van der Waals surface area contributed by atoms with Crippen LogP contribution in [0, 0.1) is 0 Å². The second-order valence-electron chi connectivity index (χ2n) is 2.00. The van der Waals surface area contributed by atoms with Gasteiger partial charge in [0.2, 0.25) is 0 Å². The van der Waals surface area contributed by atoms with E-state index in [2.05, 4.69) is 19.4 Å². The van der Waals surface area contributed by atoms with Crippen LogP contribution in [0.4, 0.5) is 0 Å². The molecule has 7 heavy (non-hydrogen) atoms. The fourth-order valence-corrected chi connectivity index (χ4v) is 0.875. The minimum atomic E-state index is 0.491. The molecule has 0 aliphatic carbocycles. The molecule has 35 valence electrons. The Kier molecular flexibility index (Phi) is 0.602. The molecule has 0 N–H and O–H groups in total. The lowest BCUT2D eigenvalue weighted by Crippen LogP contribution is -1.98. The number of rotatable bonds is 0. The van der Waals surface area contributed by atoms with E-state index in [-0.39, 0.29) is 0 Å². The van der Waals surface area contributed by atoms with E-state index in [9.17, 15) is 0 Å². The molecule has 0 aromatic heterocycles. The van der Waals surface area contributed by atoms with Crippen LogP contribution in [0.1, 0.15) is 0 Å². The minimum absolute atomic E-state index is 0.491. The summed E-state index contributed by atoms with van der Waals surface area (Å²) in [6, 6.07) is 0.491. The first-order valence-electron chi connectivity index (χ1n) is 2.60. The molecule has 2 atom stereocenters. The molecule has 0 amide bonds. The van der Waals surface area contributed by atoms with Gasteiger partial charge in [-0.1, -0.05) is 12.2 Å². The first-order chi connectivity index (χ1) is 3.47. The van der Waals surface area contributed by atoms with Gasteiger partial charge in [-0.05, 0) is 5.82 Å². The van der Waals surface area contributed by atoms with E-state index in [0.29, 0.717) is 11.8 Å². The molecule has 1 radical (unpaired) electrons. The molecule has 0 aromatic rings. The average Bonchev–Trinajstić information content (AvgIpc) is 2.41. The second kappa shape index (κ2) is 1.13. The largest absolute Gasteiger partial charge is 0.383 e. The van der Waals surface area contributed by atoms with E-state index in [1.54, 1.807) is 0 Å². The van der Waals surface area contributed by atoms with Crippen molar-refractivity contribution in [2.24, 2.45) is 0 Å². The third-order valence-electron chi connectivity index (χ3n) is 1.39. The zero-order chi connectivity index (χ0) is 4.69. The van der Waals surface area contributed by atoms with E-state index in [0.717, 1.165) is 6.61 Å². The first kappa shape index (κ1) is 3.73. The van der Waals surface area contributed by atoms with Crippen molar-refractivity contribution in [1.29, 1.82) is 0 Å². The SMILES string of the molecule is [B]1C2C=CCOC12. The molecule has 1 saturated heterocycles. The lowest BCUT2D eigenvalue weighted by molar-refractivity contribution is 0.154. The van der Waals surface area contributed by atoms with Crippen LogP contribution in [0.5, 0.6) is 0 Å². The normalized spacial score (nSPS) is 44.6. The van der Waals surface area contributed by atoms with Gasteiger partial charge in [-0.15, -0.1) is 0 Å². The molecular weight excluding hydrogens is 86.9 g/mol. The van der Waals surface area contributed by atoms with Crippen molar-refractivity contribution in [3.8, 4) is 0 Å². The fraction of sp³-hybridized carbons (Fsp3) is 0.600. The van der Waals surface area contributed by atoms with E-state index in [1.165, 1.54) is 0 Å². The van der Waals surface area contributed by atoms with E-state index < -0.39 is 0 Å². The van der Waals surface area contributed by atoms with Gasteiger partial charge >= 0.3 is 0 Å². The topological polar surface area (TPSA) is 9.23 Å². The Bertz CT molecular complexity index is 111. The van der Waals surface area contributed by atoms with Crippen molar-refractivity contribution in [2.75, 3.05) is 6.61 Å². The van der Waals surface area contributed by atoms with Gasteiger partial charge in [-0.3, -0.25) is 0 Å². The molecule has 0 aromatic carbocycles. The lowest BCUT2D eigenvalue weighted by Gasteiger charge is -2.02. The molecule has 2 rings (SSSR count). The van der Waals surface area contributed by atoms with Gasteiger partial charge in [0.25, 0.3) is 0 Å². The van der Waals surface area contributed by atoms with Crippen molar-refractivity contribution < 1.29 is 4.74 Å².